The summed E-state index contributed by atoms with van der Waals surface area (Å²) in [4.78, 5) is 3.19. The Hall–Kier alpha value is -1.32. The van der Waals surface area contributed by atoms with Crippen molar-refractivity contribution < 1.29 is 5.11 Å². The Kier molecular flexibility index (Phi) is 2.65. The van der Waals surface area contributed by atoms with E-state index in [1.165, 1.54) is 22.9 Å². The van der Waals surface area contributed by atoms with Gasteiger partial charge in [-0.1, -0.05) is 6.07 Å². The monoisotopic (exact) mass is 230 g/mol. The smallest absolute Gasteiger partial charge is 0.0613 e. The van der Waals surface area contributed by atoms with Gasteiger partial charge in [0, 0.05) is 23.8 Å². The second-order valence-electron chi connectivity index (χ2n) is 5.04. The summed E-state index contributed by atoms with van der Waals surface area (Å²) in [6.45, 7) is 1.08. The maximum absolute atomic E-state index is 9.39. The molecule has 3 rings (SSSR count). The van der Waals surface area contributed by atoms with E-state index in [0.29, 0.717) is 0 Å². The topological polar surface area (TPSA) is 48.0 Å². The normalized spacial score (nSPS) is 18.2. The molecule has 1 aromatic heterocycles. The third-order valence-corrected chi connectivity index (χ3v) is 3.90. The zero-order valence-corrected chi connectivity index (χ0v) is 9.87. The third-order valence-electron chi connectivity index (χ3n) is 3.90. The van der Waals surface area contributed by atoms with Crippen molar-refractivity contribution in [2.75, 3.05) is 6.61 Å². The highest BCUT2D eigenvalue weighted by molar-refractivity contribution is 5.79. The summed E-state index contributed by atoms with van der Waals surface area (Å²) in [5.74, 6) is 0. The van der Waals surface area contributed by atoms with Gasteiger partial charge in [-0.05, 0) is 48.4 Å². The fourth-order valence-corrected chi connectivity index (χ4v) is 2.50. The number of aliphatic hydroxyl groups excluding tert-OH is 1. The average molecular weight is 230 g/mol. The maximum atomic E-state index is 9.39. The highest BCUT2D eigenvalue weighted by Crippen LogP contribution is 2.31. The molecular formula is C14H18N2O. The summed E-state index contributed by atoms with van der Waals surface area (Å²) in [7, 11) is 0. The van der Waals surface area contributed by atoms with E-state index < -0.39 is 0 Å². The van der Waals surface area contributed by atoms with Crippen molar-refractivity contribution >= 4 is 10.9 Å². The van der Waals surface area contributed by atoms with Crippen LogP contribution in [-0.4, -0.2) is 22.2 Å². The second-order valence-corrected chi connectivity index (χ2v) is 5.04. The van der Waals surface area contributed by atoms with Gasteiger partial charge in [-0.15, -0.1) is 0 Å². The number of aromatic amines is 1. The predicted octanol–water partition coefficient (Wildman–Crippen LogP) is 2.17. The number of fused-ring (bicyclic) bond motifs is 1. The van der Waals surface area contributed by atoms with Crippen LogP contribution in [-0.2, 0) is 6.54 Å². The molecule has 0 saturated heterocycles. The Bertz CT molecular complexity index is 508. The molecule has 0 aliphatic heterocycles. The van der Waals surface area contributed by atoms with E-state index in [1.54, 1.807) is 0 Å². The van der Waals surface area contributed by atoms with E-state index in [1.807, 2.05) is 6.20 Å². The van der Waals surface area contributed by atoms with Gasteiger partial charge in [0.2, 0.25) is 0 Å². The van der Waals surface area contributed by atoms with Gasteiger partial charge in [-0.3, -0.25) is 0 Å². The van der Waals surface area contributed by atoms with E-state index in [9.17, 15) is 5.11 Å². The molecule has 1 saturated carbocycles. The molecule has 1 aliphatic carbocycles. The zero-order chi connectivity index (χ0) is 11.7. The van der Waals surface area contributed by atoms with Crippen LogP contribution in [0.2, 0.25) is 0 Å². The van der Waals surface area contributed by atoms with Crippen molar-refractivity contribution in [1.29, 1.82) is 0 Å². The lowest BCUT2D eigenvalue weighted by atomic mass is 9.77. The summed E-state index contributed by atoms with van der Waals surface area (Å²) in [5, 5.41) is 14.1. The summed E-state index contributed by atoms with van der Waals surface area (Å²) >= 11 is 0. The van der Waals surface area contributed by atoms with Crippen molar-refractivity contribution in [3.63, 3.8) is 0 Å². The van der Waals surface area contributed by atoms with E-state index in [0.717, 1.165) is 19.4 Å². The van der Waals surface area contributed by atoms with Crippen LogP contribution in [0.3, 0.4) is 0 Å². The van der Waals surface area contributed by atoms with Gasteiger partial charge in [0.15, 0.2) is 0 Å². The molecular weight excluding hydrogens is 212 g/mol. The van der Waals surface area contributed by atoms with Crippen LogP contribution in [0.25, 0.3) is 10.9 Å². The quantitative estimate of drug-likeness (QED) is 0.754. The number of hydrogen-bond donors (Lipinski definition) is 3. The molecule has 0 spiro atoms. The van der Waals surface area contributed by atoms with Crippen LogP contribution in [0.1, 0.15) is 24.8 Å². The van der Waals surface area contributed by atoms with Gasteiger partial charge in [0.1, 0.15) is 0 Å². The first-order chi connectivity index (χ1) is 8.31. The van der Waals surface area contributed by atoms with Crippen molar-refractivity contribution in [3.05, 3.63) is 36.0 Å². The molecule has 1 aliphatic rings. The minimum Gasteiger partial charge on any atom is -0.394 e. The van der Waals surface area contributed by atoms with Gasteiger partial charge in [0.05, 0.1) is 6.61 Å². The molecule has 3 heteroatoms. The number of hydrogen-bond acceptors (Lipinski definition) is 2. The zero-order valence-electron chi connectivity index (χ0n) is 9.87. The maximum Gasteiger partial charge on any atom is 0.0613 e. The molecule has 1 aromatic carbocycles. The molecule has 3 nitrogen and oxygen atoms in total. The first-order valence-electron chi connectivity index (χ1n) is 6.23. The van der Waals surface area contributed by atoms with Crippen LogP contribution in [0.4, 0.5) is 0 Å². The minimum atomic E-state index is -0.00684. The Morgan fingerprint density at radius 2 is 2.18 bits per heavy atom. The highest BCUT2D eigenvalue weighted by Gasteiger charge is 2.35. The summed E-state index contributed by atoms with van der Waals surface area (Å²) in [6, 6.07) is 8.53. The van der Waals surface area contributed by atoms with Gasteiger partial charge < -0.3 is 15.4 Å². The summed E-state index contributed by atoms with van der Waals surface area (Å²) in [6.07, 6.45) is 5.37. The summed E-state index contributed by atoms with van der Waals surface area (Å²) in [5.41, 5.74) is 2.44. The molecule has 0 amide bonds. The number of rotatable bonds is 4. The summed E-state index contributed by atoms with van der Waals surface area (Å²) < 4.78 is 0. The molecule has 0 bridgehead atoms. The molecule has 0 unspecified atom stereocenters. The average Bonchev–Trinajstić information content (AvgIpc) is 2.75. The fourth-order valence-electron chi connectivity index (χ4n) is 2.50. The van der Waals surface area contributed by atoms with Crippen molar-refractivity contribution in [2.45, 2.75) is 31.3 Å². The number of nitrogens with one attached hydrogen (secondary N) is 2. The SMILES string of the molecule is OCC1(NCc2ccc3[nH]ccc3c2)CCC1. The van der Waals surface area contributed by atoms with Gasteiger partial charge >= 0.3 is 0 Å². The van der Waals surface area contributed by atoms with Crippen LogP contribution in [0, 0.1) is 0 Å². The molecule has 17 heavy (non-hydrogen) atoms. The Morgan fingerprint density at radius 3 is 2.88 bits per heavy atom. The molecule has 0 atom stereocenters. The van der Waals surface area contributed by atoms with Crippen LogP contribution in [0.15, 0.2) is 30.5 Å². The first-order valence-corrected chi connectivity index (χ1v) is 6.23. The van der Waals surface area contributed by atoms with E-state index >= 15 is 0 Å². The Morgan fingerprint density at radius 1 is 1.29 bits per heavy atom. The largest absolute Gasteiger partial charge is 0.394 e. The van der Waals surface area contributed by atoms with E-state index in [4.69, 9.17) is 0 Å². The second kappa shape index (κ2) is 4.17. The van der Waals surface area contributed by atoms with E-state index in [-0.39, 0.29) is 12.1 Å². The van der Waals surface area contributed by atoms with Crippen molar-refractivity contribution in [3.8, 4) is 0 Å². The molecule has 1 heterocycles. The predicted molar refractivity (Wildman–Crippen MR) is 68.8 cm³/mol. The standard InChI is InChI=1S/C14H18N2O/c17-10-14(5-1-6-14)16-9-11-2-3-13-12(8-11)4-7-15-13/h2-4,7-8,15-17H,1,5-6,9-10H2. The van der Waals surface area contributed by atoms with Gasteiger partial charge in [-0.2, -0.15) is 0 Å². The molecule has 90 valence electrons. The van der Waals surface area contributed by atoms with E-state index in [2.05, 4.69) is 34.6 Å². The Balaban J connectivity index is 1.71. The Labute approximate surface area is 101 Å². The van der Waals surface area contributed by atoms with Crippen molar-refractivity contribution in [2.24, 2.45) is 0 Å². The van der Waals surface area contributed by atoms with Crippen LogP contribution in [0.5, 0.6) is 0 Å². The number of aromatic nitrogens is 1. The third kappa shape index (κ3) is 1.96. The number of aliphatic hydroxyl groups is 1. The molecule has 3 N–H and O–H groups in total. The van der Waals surface area contributed by atoms with Crippen LogP contribution < -0.4 is 5.32 Å². The van der Waals surface area contributed by atoms with Crippen LogP contribution >= 0.6 is 0 Å². The lowest BCUT2D eigenvalue weighted by molar-refractivity contribution is 0.0872. The van der Waals surface area contributed by atoms with Gasteiger partial charge in [-0.25, -0.2) is 0 Å². The number of H-pyrrole nitrogens is 1. The van der Waals surface area contributed by atoms with Crippen molar-refractivity contribution in [1.82, 2.24) is 10.3 Å². The fraction of sp³-hybridized carbons (Fsp3) is 0.429. The minimum absolute atomic E-state index is 0.00684. The molecule has 2 aromatic rings. The lowest BCUT2D eigenvalue weighted by Crippen LogP contribution is -2.53. The van der Waals surface area contributed by atoms with Gasteiger partial charge in [0.25, 0.3) is 0 Å². The highest BCUT2D eigenvalue weighted by atomic mass is 16.3. The first kappa shape index (κ1) is 10.8. The number of benzene rings is 1. The molecule has 1 fully saturated rings. The lowest BCUT2D eigenvalue weighted by Gasteiger charge is -2.41. The molecule has 0 radical (unpaired) electrons.